The van der Waals surface area contributed by atoms with Crippen molar-refractivity contribution in [1.82, 2.24) is 0 Å². The number of hydrogen-bond donors (Lipinski definition) is 2. The van der Waals surface area contributed by atoms with Crippen molar-refractivity contribution in [2.45, 2.75) is 23.0 Å². The van der Waals surface area contributed by atoms with Gasteiger partial charge in [-0.25, -0.2) is 0 Å². The first-order valence-corrected chi connectivity index (χ1v) is 5.73. The molecule has 0 spiro atoms. The monoisotopic (exact) mass is 224 g/mol. The molecule has 0 saturated heterocycles. The van der Waals surface area contributed by atoms with E-state index in [9.17, 15) is 9.90 Å². The Morgan fingerprint density at radius 2 is 2.20 bits per heavy atom. The molecule has 0 aliphatic heterocycles. The van der Waals surface area contributed by atoms with Crippen LogP contribution in [0.5, 0.6) is 5.75 Å². The SMILES string of the molecule is O=C(O)C1CCC1Sc1cccc(O)c1. The molecule has 0 bridgehead atoms. The molecule has 0 amide bonds. The highest BCUT2D eigenvalue weighted by Gasteiger charge is 2.37. The van der Waals surface area contributed by atoms with Crippen LogP contribution in [0, 0.1) is 5.92 Å². The van der Waals surface area contributed by atoms with Crippen LogP contribution in [0.3, 0.4) is 0 Å². The van der Waals surface area contributed by atoms with E-state index in [4.69, 9.17) is 5.11 Å². The molecule has 2 N–H and O–H groups in total. The number of phenolic OH excluding ortho intramolecular Hbond substituents is 1. The third-order valence-electron chi connectivity index (χ3n) is 2.63. The molecule has 2 atom stereocenters. The normalized spacial score (nSPS) is 24.5. The van der Waals surface area contributed by atoms with E-state index in [1.165, 1.54) is 0 Å². The standard InChI is InChI=1S/C11H12O3S/c12-7-2-1-3-8(6-7)15-10-5-4-9(10)11(13)14/h1-3,6,9-10,12H,4-5H2,(H,13,14). The number of thioether (sulfide) groups is 1. The summed E-state index contributed by atoms with van der Waals surface area (Å²) in [4.78, 5) is 11.7. The Bertz CT molecular complexity index is 378. The Morgan fingerprint density at radius 3 is 2.73 bits per heavy atom. The summed E-state index contributed by atoms with van der Waals surface area (Å²) >= 11 is 1.54. The number of carboxylic acid groups (broad SMARTS) is 1. The number of hydrogen-bond acceptors (Lipinski definition) is 3. The molecule has 0 radical (unpaired) electrons. The minimum atomic E-state index is -0.709. The molecule has 2 rings (SSSR count). The molecule has 0 aromatic heterocycles. The molecule has 1 fully saturated rings. The second-order valence-electron chi connectivity index (χ2n) is 3.68. The summed E-state index contributed by atoms with van der Waals surface area (Å²) < 4.78 is 0. The maximum atomic E-state index is 10.8. The van der Waals surface area contributed by atoms with E-state index in [2.05, 4.69) is 0 Å². The molecule has 1 aliphatic carbocycles. The van der Waals surface area contributed by atoms with Gasteiger partial charge in [-0.2, -0.15) is 0 Å². The van der Waals surface area contributed by atoms with Gasteiger partial charge in [-0.05, 0) is 31.0 Å². The summed E-state index contributed by atoms with van der Waals surface area (Å²) in [6.07, 6.45) is 1.71. The second kappa shape index (κ2) is 4.14. The first kappa shape index (κ1) is 10.4. The highest BCUT2D eigenvalue weighted by Crippen LogP contribution is 2.41. The average Bonchev–Trinajstić information content (AvgIpc) is 2.11. The Balaban J connectivity index is 2.00. The first-order valence-electron chi connectivity index (χ1n) is 4.85. The van der Waals surface area contributed by atoms with Gasteiger partial charge in [-0.3, -0.25) is 4.79 Å². The van der Waals surface area contributed by atoms with Crippen LogP contribution in [-0.4, -0.2) is 21.4 Å². The van der Waals surface area contributed by atoms with Crippen molar-refractivity contribution in [3.63, 3.8) is 0 Å². The van der Waals surface area contributed by atoms with Gasteiger partial charge in [0.25, 0.3) is 0 Å². The molecular weight excluding hydrogens is 212 g/mol. The Kier molecular flexibility index (Phi) is 2.86. The van der Waals surface area contributed by atoms with Gasteiger partial charge in [0.05, 0.1) is 5.92 Å². The van der Waals surface area contributed by atoms with Gasteiger partial charge in [-0.1, -0.05) is 6.07 Å². The van der Waals surface area contributed by atoms with Crippen molar-refractivity contribution in [3.05, 3.63) is 24.3 Å². The lowest BCUT2D eigenvalue weighted by Gasteiger charge is -2.32. The molecule has 1 aromatic rings. The van der Waals surface area contributed by atoms with Crippen molar-refractivity contribution in [2.75, 3.05) is 0 Å². The fourth-order valence-corrected chi connectivity index (χ4v) is 2.99. The molecule has 2 unspecified atom stereocenters. The van der Waals surface area contributed by atoms with Crippen LogP contribution < -0.4 is 0 Å². The van der Waals surface area contributed by atoms with Crippen LogP contribution in [0.25, 0.3) is 0 Å². The van der Waals surface area contributed by atoms with Crippen LogP contribution in [0.2, 0.25) is 0 Å². The summed E-state index contributed by atoms with van der Waals surface area (Å²) in [6.45, 7) is 0. The third kappa shape index (κ3) is 2.26. The summed E-state index contributed by atoms with van der Waals surface area (Å²) in [5.41, 5.74) is 0. The molecular formula is C11H12O3S. The fourth-order valence-electron chi connectivity index (χ4n) is 1.62. The summed E-state index contributed by atoms with van der Waals surface area (Å²) in [6, 6.07) is 6.94. The molecule has 0 heterocycles. The van der Waals surface area contributed by atoms with E-state index in [1.807, 2.05) is 6.07 Å². The van der Waals surface area contributed by atoms with Crippen LogP contribution in [0.4, 0.5) is 0 Å². The number of benzene rings is 1. The minimum Gasteiger partial charge on any atom is -0.508 e. The first-order chi connectivity index (χ1) is 7.16. The lowest BCUT2D eigenvalue weighted by molar-refractivity contribution is -0.144. The fraction of sp³-hybridized carbons (Fsp3) is 0.364. The zero-order chi connectivity index (χ0) is 10.8. The number of aromatic hydroxyl groups is 1. The molecule has 1 aromatic carbocycles. The van der Waals surface area contributed by atoms with Gasteiger partial charge in [-0.15, -0.1) is 11.8 Å². The molecule has 15 heavy (non-hydrogen) atoms. The molecule has 1 aliphatic rings. The number of phenols is 1. The van der Waals surface area contributed by atoms with E-state index < -0.39 is 5.97 Å². The number of carbonyl (C=O) groups is 1. The van der Waals surface area contributed by atoms with Gasteiger partial charge in [0.15, 0.2) is 0 Å². The topological polar surface area (TPSA) is 57.5 Å². The number of carboxylic acids is 1. The van der Waals surface area contributed by atoms with Gasteiger partial charge in [0, 0.05) is 10.1 Å². The number of rotatable bonds is 3. The van der Waals surface area contributed by atoms with Gasteiger partial charge in [0.1, 0.15) is 5.75 Å². The quantitative estimate of drug-likeness (QED) is 0.827. The highest BCUT2D eigenvalue weighted by molar-refractivity contribution is 8.00. The smallest absolute Gasteiger partial charge is 0.307 e. The van der Waals surface area contributed by atoms with Crippen LogP contribution >= 0.6 is 11.8 Å². The van der Waals surface area contributed by atoms with Crippen molar-refractivity contribution in [1.29, 1.82) is 0 Å². The maximum absolute atomic E-state index is 10.8. The van der Waals surface area contributed by atoms with Crippen LogP contribution in [-0.2, 0) is 4.79 Å². The third-order valence-corrected chi connectivity index (χ3v) is 4.03. The Labute approximate surface area is 92.1 Å². The Hall–Kier alpha value is -1.16. The number of aliphatic carboxylic acids is 1. The zero-order valence-corrected chi connectivity index (χ0v) is 8.91. The summed E-state index contributed by atoms with van der Waals surface area (Å²) in [7, 11) is 0. The van der Waals surface area contributed by atoms with E-state index in [-0.39, 0.29) is 16.9 Å². The van der Waals surface area contributed by atoms with Crippen molar-refractivity contribution in [3.8, 4) is 5.75 Å². The minimum absolute atomic E-state index is 0.157. The van der Waals surface area contributed by atoms with Crippen molar-refractivity contribution < 1.29 is 15.0 Å². The van der Waals surface area contributed by atoms with E-state index in [1.54, 1.807) is 30.0 Å². The molecule has 3 nitrogen and oxygen atoms in total. The lowest BCUT2D eigenvalue weighted by Crippen LogP contribution is -2.35. The van der Waals surface area contributed by atoms with Gasteiger partial charge >= 0.3 is 5.97 Å². The summed E-state index contributed by atoms with van der Waals surface area (Å²) in [5, 5.41) is 18.3. The van der Waals surface area contributed by atoms with E-state index in [0.29, 0.717) is 0 Å². The summed E-state index contributed by atoms with van der Waals surface area (Å²) in [5.74, 6) is -0.706. The second-order valence-corrected chi connectivity index (χ2v) is 4.99. The van der Waals surface area contributed by atoms with Crippen molar-refractivity contribution >= 4 is 17.7 Å². The molecule has 4 heteroatoms. The van der Waals surface area contributed by atoms with E-state index >= 15 is 0 Å². The Morgan fingerprint density at radius 1 is 1.40 bits per heavy atom. The van der Waals surface area contributed by atoms with Crippen LogP contribution in [0.1, 0.15) is 12.8 Å². The maximum Gasteiger partial charge on any atom is 0.307 e. The zero-order valence-electron chi connectivity index (χ0n) is 8.09. The molecule has 80 valence electrons. The van der Waals surface area contributed by atoms with Gasteiger partial charge in [0.2, 0.25) is 0 Å². The lowest BCUT2D eigenvalue weighted by atomic mass is 9.85. The predicted octanol–water partition coefficient (Wildman–Crippen LogP) is 2.35. The van der Waals surface area contributed by atoms with Crippen LogP contribution in [0.15, 0.2) is 29.2 Å². The largest absolute Gasteiger partial charge is 0.508 e. The average molecular weight is 224 g/mol. The predicted molar refractivity (Wildman–Crippen MR) is 58.1 cm³/mol. The van der Waals surface area contributed by atoms with Gasteiger partial charge < -0.3 is 10.2 Å². The van der Waals surface area contributed by atoms with Crippen molar-refractivity contribution in [2.24, 2.45) is 5.92 Å². The van der Waals surface area contributed by atoms with E-state index in [0.717, 1.165) is 17.7 Å². The molecule has 1 saturated carbocycles. The highest BCUT2D eigenvalue weighted by atomic mass is 32.2.